The van der Waals surface area contributed by atoms with Gasteiger partial charge in [0.1, 0.15) is 0 Å². The average molecular weight is 413 g/mol. The zero-order chi connectivity index (χ0) is 19.6. The van der Waals surface area contributed by atoms with Crippen LogP contribution in [0.15, 0.2) is 36.4 Å². The summed E-state index contributed by atoms with van der Waals surface area (Å²) in [6.07, 6.45) is -0.820. The summed E-state index contributed by atoms with van der Waals surface area (Å²) < 4.78 is 1.97. The van der Waals surface area contributed by atoms with Gasteiger partial charge in [-0.1, -0.05) is 23.2 Å². The zero-order valence-corrected chi connectivity index (χ0v) is 16.1. The van der Waals surface area contributed by atoms with Crippen LogP contribution in [0.5, 0.6) is 0 Å². The van der Waals surface area contributed by atoms with Gasteiger partial charge in [-0.3, -0.25) is 0 Å². The Morgan fingerprint density at radius 3 is 1.81 bits per heavy atom. The number of aliphatic hydroxyl groups is 4. The lowest BCUT2D eigenvalue weighted by Crippen LogP contribution is -2.56. The Kier molecular flexibility index (Phi) is 6.28. The second-order valence-corrected chi connectivity index (χ2v) is 7.60. The van der Waals surface area contributed by atoms with Gasteiger partial charge in [-0.25, -0.2) is 0 Å². The molecule has 1 heterocycles. The predicted octanol–water partition coefficient (Wildman–Crippen LogP) is 1.77. The number of β-amino-alcohol motifs (C(OH)–C–C–N with tert-alkyl or cyclic N) is 1. The third-order valence-electron chi connectivity index (χ3n) is 4.80. The Hall–Kier alpha value is -1.38. The van der Waals surface area contributed by atoms with Crippen LogP contribution in [0.2, 0.25) is 10.0 Å². The van der Waals surface area contributed by atoms with E-state index in [4.69, 9.17) is 23.2 Å². The van der Waals surface area contributed by atoms with E-state index >= 15 is 0 Å². The third kappa shape index (κ3) is 4.07. The first-order valence-corrected chi connectivity index (χ1v) is 9.31. The van der Waals surface area contributed by atoms with Crippen LogP contribution in [-0.2, 0) is 6.54 Å². The largest absolute Gasteiger partial charge is 0.394 e. The van der Waals surface area contributed by atoms with Crippen molar-refractivity contribution >= 4 is 45.0 Å². The lowest BCUT2D eigenvalue weighted by Gasteiger charge is -2.30. The Labute approximate surface area is 166 Å². The number of aromatic nitrogens is 1. The first-order valence-electron chi connectivity index (χ1n) is 8.56. The van der Waals surface area contributed by atoms with Crippen molar-refractivity contribution in [2.75, 3.05) is 26.4 Å². The van der Waals surface area contributed by atoms with E-state index in [9.17, 15) is 20.4 Å². The van der Waals surface area contributed by atoms with E-state index < -0.39 is 31.5 Å². The molecule has 3 aromatic rings. The molecule has 2 aromatic carbocycles. The lowest BCUT2D eigenvalue weighted by molar-refractivity contribution is 0.0308. The molecule has 3 rings (SSSR count). The summed E-state index contributed by atoms with van der Waals surface area (Å²) in [4.78, 5) is 0. The van der Waals surface area contributed by atoms with E-state index in [1.165, 1.54) is 0 Å². The maximum Gasteiger partial charge on any atom is 0.0882 e. The third-order valence-corrected chi connectivity index (χ3v) is 5.27. The topological polar surface area (TPSA) is 97.9 Å². The molecule has 0 radical (unpaired) electrons. The van der Waals surface area contributed by atoms with Crippen LogP contribution in [0.1, 0.15) is 0 Å². The standard InChI is InChI=1S/C19H22Cl2N2O4/c20-12-1-3-17-15(5-12)16-6-13(21)2-4-18(16)23(17)8-14(27)7-22-19(9-24,10-25)11-26/h1-6,14,22,24-27H,7-11H2/t14-/m1/s1. The van der Waals surface area contributed by atoms with Gasteiger partial charge in [0, 0.05) is 38.4 Å². The van der Waals surface area contributed by atoms with Crippen LogP contribution in [0.3, 0.4) is 0 Å². The van der Waals surface area contributed by atoms with E-state index in [0.717, 1.165) is 21.8 Å². The fourth-order valence-electron chi connectivity index (χ4n) is 3.17. The minimum atomic E-state index is -1.23. The minimum absolute atomic E-state index is 0.0873. The normalized spacial score (nSPS) is 13.6. The molecular formula is C19H22Cl2N2O4. The Morgan fingerprint density at radius 2 is 1.37 bits per heavy atom. The van der Waals surface area contributed by atoms with E-state index in [-0.39, 0.29) is 13.1 Å². The Balaban J connectivity index is 1.92. The second kappa shape index (κ2) is 8.32. The van der Waals surface area contributed by atoms with Crippen molar-refractivity contribution in [2.24, 2.45) is 0 Å². The van der Waals surface area contributed by atoms with Crippen LogP contribution in [0.4, 0.5) is 0 Å². The Bertz CT molecular complexity index is 873. The summed E-state index contributed by atoms with van der Waals surface area (Å²) >= 11 is 12.3. The van der Waals surface area contributed by atoms with E-state index in [1.54, 1.807) is 12.1 Å². The van der Waals surface area contributed by atoms with Crippen molar-refractivity contribution in [3.63, 3.8) is 0 Å². The number of hydrogen-bond acceptors (Lipinski definition) is 5. The second-order valence-electron chi connectivity index (χ2n) is 6.72. The van der Waals surface area contributed by atoms with Gasteiger partial charge in [0.15, 0.2) is 0 Å². The van der Waals surface area contributed by atoms with Gasteiger partial charge in [0.2, 0.25) is 0 Å². The molecule has 0 spiro atoms. The minimum Gasteiger partial charge on any atom is -0.394 e. The smallest absolute Gasteiger partial charge is 0.0882 e. The number of halogens is 2. The van der Waals surface area contributed by atoms with Crippen LogP contribution < -0.4 is 5.32 Å². The molecule has 0 unspecified atom stereocenters. The molecule has 0 aliphatic rings. The molecule has 0 fully saturated rings. The van der Waals surface area contributed by atoms with E-state index in [1.807, 2.05) is 28.8 Å². The molecule has 0 bridgehead atoms. The number of hydrogen-bond donors (Lipinski definition) is 5. The summed E-state index contributed by atoms with van der Waals surface area (Å²) in [7, 11) is 0. The molecule has 0 saturated carbocycles. The SMILES string of the molecule is OCC(CO)(CO)NC[C@@H](O)Cn1c2ccc(Cl)cc2c2cc(Cl)ccc21. The fraction of sp³-hybridized carbons (Fsp3) is 0.368. The van der Waals surface area contributed by atoms with Crippen molar-refractivity contribution in [2.45, 2.75) is 18.2 Å². The monoisotopic (exact) mass is 412 g/mol. The molecule has 1 atom stereocenters. The van der Waals surface area contributed by atoms with Crippen molar-refractivity contribution in [1.82, 2.24) is 9.88 Å². The molecule has 146 valence electrons. The van der Waals surface area contributed by atoms with Crippen LogP contribution in [0, 0.1) is 0 Å². The summed E-state index contributed by atoms with van der Waals surface area (Å²) in [5.74, 6) is 0. The summed E-state index contributed by atoms with van der Waals surface area (Å²) in [6, 6.07) is 11.1. The van der Waals surface area contributed by atoms with Crippen molar-refractivity contribution in [3.05, 3.63) is 46.4 Å². The number of rotatable bonds is 8. The number of fused-ring (bicyclic) bond motifs is 3. The van der Waals surface area contributed by atoms with E-state index in [2.05, 4.69) is 5.32 Å². The van der Waals surface area contributed by atoms with Gasteiger partial charge in [0.25, 0.3) is 0 Å². The number of nitrogens with zero attached hydrogens (tertiary/aromatic N) is 1. The molecule has 6 nitrogen and oxygen atoms in total. The van der Waals surface area contributed by atoms with Crippen LogP contribution in [-0.4, -0.2) is 63.0 Å². The van der Waals surface area contributed by atoms with Crippen LogP contribution >= 0.6 is 23.2 Å². The highest BCUT2D eigenvalue weighted by Gasteiger charge is 2.28. The van der Waals surface area contributed by atoms with Gasteiger partial charge < -0.3 is 30.3 Å². The number of nitrogens with one attached hydrogen (secondary N) is 1. The predicted molar refractivity (Wildman–Crippen MR) is 107 cm³/mol. The maximum absolute atomic E-state index is 10.5. The van der Waals surface area contributed by atoms with Crippen molar-refractivity contribution < 1.29 is 20.4 Å². The Morgan fingerprint density at radius 1 is 0.889 bits per heavy atom. The van der Waals surface area contributed by atoms with Gasteiger partial charge in [-0.05, 0) is 36.4 Å². The molecule has 0 aliphatic heterocycles. The highest BCUT2D eigenvalue weighted by molar-refractivity contribution is 6.33. The fourth-order valence-corrected chi connectivity index (χ4v) is 3.52. The summed E-state index contributed by atoms with van der Waals surface area (Å²) in [5, 5.41) is 44.6. The van der Waals surface area contributed by atoms with Crippen molar-refractivity contribution in [3.8, 4) is 0 Å². The lowest BCUT2D eigenvalue weighted by atomic mass is 10.0. The quantitative estimate of drug-likeness (QED) is 0.388. The van der Waals surface area contributed by atoms with Gasteiger partial charge in [-0.2, -0.15) is 0 Å². The summed E-state index contributed by atoms with van der Waals surface area (Å²) in [6.45, 7) is -0.976. The average Bonchev–Trinajstić information content (AvgIpc) is 2.96. The molecule has 0 aliphatic carbocycles. The molecule has 0 saturated heterocycles. The van der Waals surface area contributed by atoms with Crippen LogP contribution in [0.25, 0.3) is 21.8 Å². The van der Waals surface area contributed by atoms with Gasteiger partial charge in [0.05, 0.1) is 38.0 Å². The number of benzene rings is 2. The van der Waals surface area contributed by atoms with E-state index in [0.29, 0.717) is 10.0 Å². The summed E-state index contributed by atoms with van der Waals surface area (Å²) in [5.41, 5.74) is 0.588. The highest BCUT2D eigenvalue weighted by Crippen LogP contribution is 2.33. The molecule has 8 heteroatoms. The van der Waals surface area contributed by atoms with Gasteiger partial charge >= 0.3 is 0 Å². The van der Waals surface area contributed by atoms with Gasteiger partial charge in [-0.15, -0.1) is 0 Å². The molecule has 0 amide bonds. The van der Waals surface area contributed by atoms with Crippen molar-refractivity contribution in [1.29, 1.82) is 0 Å². The maximum atomic E-state index is 10.5. The number of aliphatic hydroxyl groups excluding tert-OH is 4. The molecule has 1 aromatic heterocycles. The molecular weight excluding hydrogens is 391 g/mol. The highest BCUT2D eigenvalue weighted by atomic mass is 35.5. The molecule has 27 heavy (non-hydrogen) atoms. The first-order chi connectivity index (χ1) is 12.9. The zero-order valence-electron chi connectivity index (χ0n) is 14.6. The molecule has 5 N–H and O–H groups in total. The first kappa shape index (κ1) is 20.4.